The molecule has 1 unspecified atom stereocenters. The Morgan fingerprint density at radius 3 is 2.85 bits per heavy atom. The highest BCUT2D eigenvalue weighted by Gasteiger charge is 2.35. The smallest absolute Gasteiger partial charge is 0.254 e. The molecule has 4 nitrogen and oxygen atoms in total. The van der Waals surface area contributed by atoms with Crippen molar-refractivity contribution < 1.29 is 9.53 Å². The summed E-state index contributed by atoms with van der Waals surface area (Å²) < 4.78 is 5.43. The van der Waals surface area contributed by atoms with Crippen molar-refractivity contribution in [3.63, 3.8) is 0 Å². The maximum absolute atomic E-state index is 12.8. The quantitative estimate of drug-likeness (QED) is 0.857. The van der Waals surface area contributed by atoms with E-state index in [4.69, 9.17) is 10.5 Å². The van der Waals surface area contributed by atoms with Gasteiger partial charge in [-0.15, -0.1) is 0 Å². The second kappa shape index (κ2) is 5.44. The minimum Gasteiger partial charge on any atom is -0.398 e. The van der Waals surface area contributed by atoms with Gasteiger partial charge >= 0.3 is 0 Å². The molecule has 0 spiro atoms. The van der Waals surface area contributed by atoms with E-state index >= 15 is 0 Å². The first kappa shape index (κ1) is 13.4. The number of hydrogen-bond acceptors (Lipinski definition) is 3. The summed E-state index contributed by atoms with van der Waals surface area (Å²) in [5, 5.41) is 0. The zero-order valence-electron chi connectivity index (χ0n) is 12.0. The van der Waals surface area contributed by atoms with Crippen molar-refractivity contribution in [1.82, 2.24) is 4.90 Å². The van der Waals surface area contributed by atoms with Crippen LogP contribution in [0.15, 0.2) is 18.2 Å². The molecule has 0 bridgehead atoms. The highest BCUT2D eigenvalue weighted by atomic mass is 16.5. The zero-order chi connectivity index (χ0) is 14.1. The molecule has 3 rings (SSSR count). The van der Waals surface area contributed by atoms with Gasteiger partial charge in [0.25, 0.3) is 5.91 Å². The van der Waals surface area contributed by atoms with Gasteiger partial charge in [0.15, 0.2) is 0 Å². The van der Waals surface area contributed by atoms with E-state index < -0.39 is 0 Å². The normalized spacial score (nSPS) is 21.9. The molecule has 1 atom stereocenters. The summed E-state index contributed by atoms with van der Waals surface area (Å²) in [5.74, 6) is 0.616. The molecule has 1 aliphatic heterocycles. The molecule has 1 amide bonds. The van der Waals surface area contributed by atoms with E-state index in [0.717, 1.165) is 50.1 Å². The summed E-state index contributed by atoms with van der Waals surface area (Å²) in [7, 11) is 0. The van der Waals surface area contributed by atoms with Crippen LogP contribution in [0, 0.1) is 12.8 Å². The number of anilines is 1. The SMILES string of the molecule is Cc1c(N)cccc1C(=O)N(CC1CCOC1)C1CC1. The van der Waals surface area contributed by atoms with Gasteiger partial charge in [0.1, 0.15) is 0 Å². The molecular formula is C16H22N2O2. The van der Waals surface area contributed by atoms with Gasteiger partial charge in [0.05, 0.1) is 6.61 Å². The molecule has 1 heterocycles. The van der Waals surface area contributed by atoms with Crippen LogP contribution in [0.2, 0.25) is 0 Å². The second-order valence-electron chi connectivity index (χ2n) is 5.94. The van der Waals surface area contributed by atoms with Crippen LogP contribution in [0.4, 0.5) is 5.69 Å². The lowest BCUT2D eigenvalue weighted by molar-refractivity contribution is 0.0705. The molecule has 0 aromatic heterocycles. The molecule has 1 saturated carbocycles. The van der Waals surface area contributed by atoms with E-state index in [1.165, 1.54) is 0 Å². The number of hydrogen-bond donors (Lipinski definition) is 1. The van der Waals surface area contributed by atoms with Crippen molar-refractivity contribution in [1.29, 1.82) is 0 Å². The fourth-order valence-corrected chi connectivity index (χ4v) is 2.83. The summed E-state index contributed by atoms with van der Waals surface area (Å²) in [6.07, 6.45) is 3.31. The van der Waals surface area contributed by atoms with E-state index in [1.807, 2.05) is 30.0 Å². The number of rotatable bonds is 4. The number of carbonyl (C=O) groups excluding carboxylic acids is 1. The van der Waals surface area contributed by atoms with Crippen LogP contribution in [0.5, 0.6) is 0 Å². The molecule has 2 N–H and O–H groups in total. The Balaban J connectivity index is 1.79. The van der Waals surface area contributed by atoms with Crippen LogP contribution in [0.25, 0.3) is 0 Å². The van der Waals surface area contributed by atoms with E-state index in [1.54, 1.807) is 0 Å². The Kier molecular flexibility index (Phi) is 3.66. The second-order valence-corrected chi connectivity index (χ2v) is 5.94. The Bertz CT molecular complexity index is 505. The highest BCUT2D eigenvalue weighted by molar-refractivity contribution is 5.97. The number of nitrogen functional groups attached to an aromatic ring is 1. The van der Waals surface area contributed by atoms with Gasteiger partial charge in [-0.3, -0.25) is 4.79 Å². The predicted octanol–water partition coefficient (Wildman–Crippen LogP) is 2.22. The highest BCUT2D eigenvalue weighted by Crippen LogP contribution is 2.31. The fourth-order valence-electron chi connectivity index (χ4n) is 2.83. The summed E-state index contributed by atoms with van der Waals surface area (Å²) in [4.78, 5) is 14.9. The molecule has 108 valence electrons. The van der Waals surface area contributed by atoms with E-state index in [9.17, 15) is 4.79 Å². The summed E-state index contributed by atoms with van der Waals surface area (Å²) in [5.41, 5.74) is 8.25. The molecule has 1 saturated heterocycles. The first-order chi connectivity index (χ1) is 9.66. The van der Waals surface area contributed by atoms with Crippen LogP contribution in [0.3, 0.4) is 0 Å². The Labute approximate surface area is 119 Å². The van der Waals surface area contributed by atoms with Gasteiger partial charge in [-0.05, 0) is 43.9 Å². The zero-order valence-corrected chi connectivity index (χ0v) is 12.0. The number of ether oxygens (including phenoxy) is 1. The number of nitrogens with zero attached hydrogens (tertiary/aromatic N) is 1. The number of carbonyl (C=O) groups is 1. The van der Waals surface area contributed by atoms with Crippen molar-refractivity contribution in [3.05, 3.63) is 29.3 Å². The van der Waals surface area contributed by atoms with Gasteiger partial charge in [0, 0.05) is 36.4 Å². The van der Waals surface area contributed by atoms with Gasteiger partial charge in [-0.25, -0.2) is 0 Å². The maximum Gasteiger partial charge on any atom is 0.254 e. The molecular weight excluding hydrogens is 252 g/mol. The Morgan fingerprint density at radius 2 is 2.20 bits per heavy atom. The third-order valence-electron chi connectivity index (χ3n) is 4.33. The third-order valence-corrected chi connectivity index (χ3v) is 4.33. The number of benzene rings is 1. The van der Waals surface area contributed by atoms with Crippen LogP contribution in [0.1, 0.15) is 35.2 Å². The van der Waals surface area contributed by atoms with Crippen molar-refractivity contribution in [2.24, 2.45) is 5.92 Å². The lowest BCUT2D eigenvalue weighted by Gasteiger charge is -2.26. The molecule has 1 aromatic carbocycles. The topological polar surface area (TPSA) is 55.6 Å². The Morgan fingerprint density at radius 1 is 1.40 bits per heavy atom. The van der Waals surface area contributed by atoms with Gasteiger partial charge in [-0.2, -0.15) is 0 Å². The molecule has 2 aliphatic rings. The lowest BCUT2D eigenvalue weighted by Crippen LogP contribution is -2.37. The largest absolute Gasteiger partial charge is 0.398 e. The minimum atomic E-state index is 0.129. The fraction of sp³-hybridized carbons (Fsp3) is 0.562. The molecule has 2 fully saturated rings. The van der Waals surface area contributed by atoms with Crippen LogP contribution < -0.4 is 5.73 Å². The Hall–Kier alpha value is -1.55. The van der Waals surface area contributed by atoms with Crippen LogP contribution in [-0.4, -0.2) is 36.6 Å². The maximum atomic E-state index is 12.8. The van der Waals surface area contributed by atoms with E-state index in [-0.39, 0.29) is 5.91 Å². The van der Waals surface area contributed by atoms with Gasteiger partial charge < -0.3 is 15.4 Å². The van der Waals surface area contributed by atoms with E-state index in [2.05, 4.69) is 0 Å². The number of nitrogens with two attached hydrogens (primary N) is 1. The van der Waals surface area contributed by atoms with Crippen molar-refractivity contribution in [2.75, 3.05) is 25.5 Å². The molecule has 20 heavy (non-hydrogen) atoms. The molecule has 0 radical (unpaired) electrons. The van der Waals surface area contributed by atoms with Crippen LogP contribution >= 0.6 is 0 Å². The lowest BCUT2D eigenvalue weighted by atomic mass is 10.0. The summed E-state index contributed by atoms with van der Waals surface area (Å²) >= 11 is 0. The summed E-state index contributed by atoms with van der Waals surface area (Å²) in [6.45, 7) is 4.35. The predicted molar refractivity (Wildman–Crippen MR) is 78.6 cm³/mol. The average molecular weight is 274 g/mol. The molecule has 1 aromatic rings. The molecule has 1 aliphatic carbocycles. The summed E-state index contributed by atoms with van der Waals surface area (Å²) in [6, 6.07) is 6.01. The average Bonchev–Trinajstić information content (AvgIpc) is 3.15. The first-order valence-corrected chi connectivity index (χ1v) is 7.40. The monoisotopic (exact) mass is 274 g/mol. The van der Waals surface area contributed by atoms with Gasteiger partial charge in [0.2, 0.25) is 0 Å². The third kappa shape index (κ3) is 2.66. The van der Waals surface area contributed by atoms with Crippen molar-refractivity contribution >= 4 is 11.6 Å². The van der Waals surface area contributed by atoms with Crippen LogP contribution in [-0.2, 0) is 4.74 Å². The van der Waals surface area contributed by atoms with Crippen molar-refractivity contribution in [3.8, 4) is 0 Å². The van der Waals surface area contributed by atoms with Crippen molar-refractivity contribution in [2.45, 2.75) is 32.2 Å². The molecule has 4 heteroatoms. The first-order valence-electron chi connectivity index (χ1n) is 7.40. The number of amides is 1. The van der Waals surface area contributed by atoms with Gasteiger partial charge in [-0.1, -0.05) is 6.07 Å². The minimum absolute atomic E-state index is 0.129. The van der Waals surface area contributed by atoms with E-state index in [0.29, 0.717) is 17.6 Å². The standard InChI is InChI=1S/C16H22N2O2/c1-11-14(3-2-4-15(11)17)16(19)18(13-5-6-13)9-12-7-8-20-10-12/h2-4,12-13H,5-10,17H2,1H3.